The maximum atomic E-state index is 12.1. The molecular formula is C13H22N4O6S2. The predicted molar refractivity (Wildman–Crippen MR) is 90.8 cm³/mol. The number of rotatable bonds is 7. The number of anilines is 1. The van der Waals surface area contributed by atoms with Crippen molar-refractivity contribution in [2.75, 3.05) is 36.4 Å². The van der Waals surface area contributed by atoms with Crippen LogP contribution in [0.4, 0.5) is 5.82 Å². The number of nitrogens with one attached hydrogen (secondary N) is 2. The molecule has 0 bridgehead atoms. The molecule has 1 fully saturated rings. The Morgan fingerprint density at radius 3 is 2.48 bits per heavy atom. The molecule has 0 radical (unpaired) electrons. The summed E-state index contributed by atoms with van der Waals surface area (Å²) in [7, 11) is -6.89. The molecule has 25 heavy (non-hydrogen) atoms. The second-order valence-electron chi connectivity index (χ2n) is 5.97. The highest BCUT2D eigenvalue weighted by molar-refractivity contribution is 7.92. The number of carbonyl (C=O) groups excluding carboxylic acids is 1. The first-order valence-corrected chi connectivity index (χ1v) is 11.2. The molecule has 2 N–H and O–H groups in total. The van der Waals surface area contributed by atoms with E-state index in [1.54, 1.807) is 6.92 Å². The van der Waals surface area contributed by atoms with Crippen molar-refractivity contribution < 1.29 is 26.2 Å². The molecule has 0 aliphatic carbocycles. The van der Waals surface area contributed by atoms with Gasteiger partial charge in [0.25, 0.3) is 0 Å². The molecule has 1 amide bonds. The highest BCUT2D eigenvalue weighted by Gasteiger charge is 2.28. The van der Waals surface area contributed by atoms with E-state index < -0.39 is 20.0 Å². The summed E-state index contributed by atoms with van der Waals surface area (Å²) in [4.78, 5) is 12.1. The van der Waals surface area contributed by atoms with E-state index in [4.69, 9.17) is 4.52 Å². The maximum Gasteiger partial charge on any atom is 0.235 e. The molecule has 2 heterocycles. The molecule has 10 nitrogen and oxygen atoms in total. The second-order valence-corrected chi connectivity index (χ2v) is 9.80. The van der Waals surface area contributed by atoms with Crippen LogP contribution in [0, 0.1) is 12.8 Å². The lowest BCUT2D eigenvalue weighted by molar-refractivity contribution is -0.125. The number of amides is 1. The Kier molecular flexibility index (Phi) is 6.06. The van der Waals surface area contributed by atoms with Crippen LogP contribution < -0.4 is 10.0 Å². The van der Waals surface area contributed by atoms with Gasteiger partial charge in [0.1, 0.15) is 5.76 Å². The molecule has 12 heteroatoms. The average molecular weight is 394 g/mol. The summed E-state index contributed by atoms with van der Waals surface area (Å²) in [5.41, 5.74) is 0. The SMILES string of the molecule is Cc1cc(NS(=O)(=O)CCNC(=O)C2CCN(S(C)(=O)=O)CC2)no1. The lowest BCUT2D eigenvalue weighted by Crippen LogP contribution is -2.43. The fourth-order valence-electron chi connectivity index (χ4n) is 2.53. The van der Waals surface area contributed by atoms with Crippen LogP contribution >= 0.6 is 0 Å². The van der Waals surface area contributed by atoms with Crippen LogP contribution in [0.3, 0.4) is 0 Å². The van der Waals surface area contributed by atoms with Gasteiger partial charge < -0.3 is 9.84 Å². The zero-order chi connectivity index (χ0) is 18.7. The van der Waals surface area contributed by atoms with Crippen LogP contribution in [-0.4, -0.2) is 63.8 Å². The topological polar surface area (TPSA) is 139 Å². The van der Waals surface area contributed by atoms with E-state index in [1.807, 2.05) is 0 Å². The van der Waals surface area contributed by atoms with Crippen LogP contribution in [0.5, 0.6) is 0 Å². The molecular weight excluding hydrogens is 372 g/mol. The number of carbonyl (C=O) groups is 1. The molecule has 0 unspecified atom stereocenters. The van der Waals surface area contributed by atoms with Gasteiger partial charge in [-0.15, -0.1) is 0 Å². The van der Waals surface area contributed by atoms with Crippen molar-refractivity contribution in [2.45, 2.75) is 19.8 Å². The maximum absolute atomic E-state index is 12.1. The Bertz CT molecular complexity index is 809. The van der Waals surface area contributed by atoms with E-state index in [0.29, 0.717) is 31.7 Å². The first kappa shape index (κ1) is 19.7. The van der Waals surface area contributed by atoms with Crippen molar-refractivity contribution in [2.24, 2.45) is 5.92 Å². The van der Waals surface area contributed by atoms with E-state index in [1.165, 1.54) is 10.4 Å². The fraction of sp³-hybridized carbons (Fsp3) is 0.692. The number of aryl methyl sites for hydroxylation is 1. The quantitative estimate of drug-likeness (QED) is 0.636. The normalized spacial score (nSPS) is 17.4. The number of hydrogen-bond donors (Lipinski definition) is 2. The number of piperidine rings is 1. The molecule has 142 valence electrons. The summed E-state index contributed by atoms with van der Waals surface area (Å²) in [5, 5.41) is 6.12. The predicted octanol–water partition coefficient (Wildman–Crippen LogP) is -0.487. The van der Waals surface area contributed by atoms with Gasteiger partial charge in [0.05, 0.1) is 12.0 Å². The number of aromatic nitrogens is 1. The van der Waals surface area contributed by atoms with Gasteiger partial charge in [-0.1, -0.05) is 5.16 Å². The molecule has 1 aromatic heterocycles. The van der Waals surface area contributed by atoms with Crippen LogP contribution in [0.2, 0.25) is 0 Å². The Labute approximate surface area is 147 Å². The molecule has 2 rings (SSSR count). The second kappa shape index (κ2) is 7.70. The standard InChI is InChI=1S/C13H22N4O6S2/c1-10-9-12(15-23-10)16-25(21,22)8-5-14-13(18)11-3-6-17(7-4-11)24(2,19)20/h9,11H,3-8H2,1-2H3,(H,14,18)(H,15,16). The van der Waals surface area contributed by atoms with Gasteiger partial charge >= 0.3 is 0 Å². The van der Waals surface area contributed by atoms with Crippen molar-refractivity contribution in [3.8, 4) is 0 Å². The Morgan fingerprint density at radius 1 is 1.32 bits per heavy atom. The van der Waals surface area contributed by atoms with Gasteiger partial charge in [-0.05, 0) is 19.8 Å². The summed E-state index contributed by atoms with van der Waals surface area (Å²) in [6.07, 6.45) is 1.98. The van der Waals surface area contributed by atoms with Crippen LogP contribution in [0.15, 0.2) is 10.6 Å². The monoisotopic (exact) mass is 394 g/mol. The van der Waals surface area contributed by atoms with Crippen LogP contribution in [0.25, 0.3) is 0 Å². The van der Waals surface area contributed by atoms with E-state index in [-0.39, 0.29) is 29.9 Å². The summed E-state index contributed by atoms with van der Waals surface area (Å²) in [6, 6.07) is 1.45. The van der Waals surface area contributed by atoms with Gasteiger partial charge in [0, 0.05) is 31.6 Å². The van der Waals surface area contributed by atoms with E-state index in [2.05, 4.69) is 15.2 Å². The number of sulfonamides is 2. The lowest BCUT2D eigenvalue weighted by atomic mass is 9.97. The zero-order valence-electron chi connectivity index (χ0n) is 14.1. The summed E-state index contributed by atoms with van der Waals surface area (Å²) < 4.78 is 55.0. The summed E-state index contributed by atoms with van der Waals surface area (Å²) in [6.45, 7) is 2.18. The average Bonchev–Trinajstić information content (AvgIpc) is 2.90. The third kappa shape index (κ3) is 5.97. The van der Waals surface area contributed by atoms with Crippen LogP contribution in [0.1, 0.15) is 18.6 Å². The first-order chi connectivity index (χ1) is 11.6. The molecule has 0 saturated carbocycles. The Morgan fingerprint density at radius 2 is 1.96 bits per heavy atom. The van der Waals surface area contributed by atoms with Crippen LogP contribution in [-0.2, 0) is 24.8 Å². The minimum atomic E-state index is -3.65. The van der Waals surface area contributed by atoms with Gasteiger partial charge in [0.2, 0.25) is 26.0 Å². The van der Waals surface area contributed by atoms with Gasteiger partial charge in [-0.2, -0.15) is 0 Å². The van der Waals surface area contributed by atoms with Gasteiger partial charge in [-0.3, -0.25) is 9.52 Å². The first-order valence-electron chi connectivity index (χ1n) is 7.73. The van der Waals surface area contributed by atoms with Crippen molar-refractivity contribution in [3.05, 3.63) is 11.8 Å². The fourth-order valence-corrected chi connectivity index (χ4v) is 4.29. The molecule has 1 aliphatic rings. The molecule has 0 aromatic carbocycles. The smallest absolute Gasteiger partial charge is 0.235 e. The molecule has 1 aromatic rings. The Balaban J connectivity index is 1.75. The van der Waals surface area contributed by atoms with Crippen molar-refractivity contribution in [1.82, 2.24) is 14.8 Å². The molecule has 1 saturated heterocycles. The van der Waals surface area contributed by atoms with E-state index in [9.17, 15) is 21.6 Å². The largest absolute Gasteiger partial charge is 0.360 e. The minimum Gasteiger partial charge on any atom is -0.360 e. The lowest BCUT2D eigenvalue weighted by Gasteiger charge is -2.29. The Hall–Kier alpha value is -1.66. The van der Waals surface area contributed by atoms with Crippen molar-refractivity contribution >= 4 is 31.8 Å². The third-order valence-electron chi connectivity index (χ3n) is 3.85. The summed E-state index contributed by atoms with van der Waals surface area (Å²) >= 11 is 0. The molecule has 0 atom stereocenters. The zero-order valence-corrected chi connectivity index (χ0v) is 15.7. The van der Waals surface area contributed by atoms with E-state index >= 15 is 0 Å². The highest BCUT2D eigenvalue weighted by atomic mass is 32.2. The minimum absolute atomic E-state index is 0.0444. The number of nitrogens with zero attached hydrogens (tertiary/aromatic N) is 2. The third-order valence-corrected chi connectivity index (χ3v) is 6.42. The van der Waals surface area contributed by atoms with Crippen molar-refractivity contribution in [1.29, 1.82) is 0 Å². The highest BCUT2D eigenvalue weighted by Crippen LogP contribution is 2.19. The molecule has 0 spiro atoms. The van der Waals surface area contributed by atoms with Gasteiger partial charge in [-0.25, -0.2) is 21.1 Å². The summed E-state index contributed by atoms with van der Waals surface area (Å²) in [5.74, 6) is -0.303. The molecule has 1 aliphatic heterocycles. The number of hydrogen-bond acceptors (Lipinski definition) is 7. The van der Waals surface area contributed by atoms with E-state index in [0.717, 1.165) is 6.26 Å². The van der Waals surface area contributed by atoms with Crippen molar-refractivity contribution in [3.63, 3.8) is 0 Å². The van der Waals surface area contributed by atoms with Gasteiger partial charge in [0.15, 0.2) is 5.82 Å².